The predicted molar refractivity (Wildman–Crippen MR) is 50.8 cm³/mol. The summed E-state index contributed by atoms with van der Waals surface area (Å²) < 4.78 is 4.90. The summed E-state index contributed by atoms with van der Waals surface area (Å²) in [6.45, 7) is 4.48. The fraction of sp³-hybridized carbons (Fsp3) is 0.889. The van der Waals surface area contributed by atoms with Crippen LogP contribution in [0, 0.1) is 0 Å². The number of ether oxygens (including phenoxy) is 1. The summed E-state index contributed by atoms with van der Waals surface area (Å²) in [4.78, 5) is 10.6. The molecule has 0 aliphatic carbocycles. The Morgan fingerprint density at radius 2 is 2.23 bits per heavy atom. The number of nitrogens with one attached hydrogen (secondary N) is 1. The number of rotatable bonds is 7. The van der Waals surface area contributed by atoms with E-state index in [4.69, 9.17) is 9.84 Å². The molecule has 0 aromatic carbocycles. The van der Waals surface area contributed by atoms with Gasteiger partial charge in [-0.2, -0.15) is 0 Å². The molecule has 0 saturated carbocycles. The Bertz CT molecular complexity index is 150. The van der Waals surface area contributed by atoms with Crippen molar-refractivity contribution >= 4 is 5.97 Å². The molecule has 2 atom stereocenters. The average Bonchev–Trinajstić information content (AvgIpc) is 2.10. The van der Waals surface area contributed by atoms with Gasteiger partial charge in [0.15, 0.2) is 0 Å². The maximum absolute atomic E-state index is 10.6. The van der Waals surface area contributed by atoms with Crippen LogP contribution in [0.25, 0.3) is 0 Å². The third-order valence-corrected chi connectivity index (χ3v) is 1.95. The summed E-state index contributed by atoms with van der Waals surface area (Å²) in [5, 5.41) is 11.8. The smallest absolute Gasteiger partial charge is 0.320 e. The lowest BCUT2D eigenvalue weighted by Gasteiger charge is -2.18. The van der Waals surface area contributed by atoms with Crippen LogP contribution in [0.1, 0.15) is 26.7 Å². The lowest BCUT2D eigenvalue weighted by atomic mass is 10.1. The Hall–Kier alpha value is -0.610. The van der Waals surface area contributed by atoms with E-state index in [1.165, 1.54) is 0 Å². The lowest BCUT2D eigenvalue weighted by Crippen LogP contribution is -2.41. The van der Waals surface area contributed by atoms with Gasteiger partial charge < -0.3 is 15.2 Å². The Morgan fingerprint density at radius 3 is 2.62 bits per heavy atom. The van der Waals surface area contributed by atoms with Gasteiger partial charge in [-0.1, -0.05) is 6.92 Å². The Labute approximate surface area is 79.3 Å². The largest absolute Gasteiger partial charge is 0.480 e. The van der Waals surface area contributed by atoms with Gasteiger partial charge >= 0.3 is 5.97 Å². The van der Waals surface area contributed by atoms with E-state index in [2.05, 4.69) is 5.32 Å². The molecule has 0 saturated heterocycles. The number of methoxy groups -OCH3 is 1. The molecule has 2 unspecified atom stereocenters. The Balaban J connectivity index is 3.73. The third-order valence-electron chi connectivity index (χ3n) is 1.95. The molecule has 0 aliphatic heterocycles. The minimum Gasteiger partial charge on any atom is -0.480 e. The van der Waals surface area contributed by atoms with Gasteiger partial charge in [-0.25, -0.2) is 0 Å². The van der Waals surface area contributed by atoms with Crippen molar-refractivity contribution in [3.05, 3.63) is 0 Å². The average molecular weight is 189 g/mol. The van der Waals surface area contributed by atoms with E-state index in [9.17, 15) is 4.79 Å². The van der Waals surface area contributed by atoms with Gasteiger partial charge in [0.1, 0.15) is 6.04 Å². The summed E-state index contributed by atoms with van der Waals surface area (Å²) >= 11 is 0. The number of aliphatic carboxylic acids is 1. The van der Waals surface area contributed by atoms with Gasteiger partial charge in [-0.15, -0.1) is 0 Å². The first kappa shape index (κ1) is 12.4. The number of carboxylic acids is 1. The molecule has 0 rings (SSSR count). The number of carbonyl (C=O) groups is 1. The molecule has 0 spiro atoms. The van der Waals surface area contributed by atoms with Crippen LogP contribution in [0.15, 0.2) is 0 Å². The van der Waals surface area contributed by atoms with Gasteiger partial charge in [0, 0.05) is 19.8 Å². The molecule has 0 amide bonds. The molecular formula is C9H19NO3. The molecule has 2 N–H and O–H groups in total. The second-order valence-corrected chi connectivity index (χ2v) is 3.15. The monoisotopic (exact) mass is 189 g/mol. The van der Waals surface area contributed by atoms with Crippen molar-refractivity contribution in [2.24, 2.45) is 0 Å². The fourth-order valence-electron chi connectivity index (χ4n) is 1.09. The first-order valence-electron chi connectivity index (χ1n) is 4.59. The van der Waals surface area contributed by atoms with Crippen molar-refractivity contribution in [1.82, 2.24) is 5.32 Å². The highest BCUT2D eigenvalue weighted by Crippen LogP contribution is 1.97. The van der Waals surface area contributed by atoms with E-state index in [0.717, 1.165) is 6.42 Å². The third kappa shape index (κ3) is 5.60. The van der Waals surface area contributed by atoms with Crippen molar-refractivity contribution < 1.29 is 14.6 Å². The van der Waals surface area contributed by atoms with Crippen LogP contribution in [-0.2, 0) is 9.53 Å². The van der Waals surface area contributed by atoms with Gasteiger partial charge in [0.05, 0.1) is 0 Å². The second kappa shape index (κ2) is 6.86. The molecule has 78 valence electrons. The van der Waals surface area contributed by atoms with E-state index in [0.29, 0.717) is 13.0 Å². The van der Waals surface area contributed by atoms with Crippen LogP contribution in [0.2, 0.25) is 0 Å². The summed E-state index contributed by atoms with van der Waals surface area (Å²) in [6, 6.07) is -0.257. The fourth-order valence-corrected chi connectivity index (χ4v) is 1.09. The van der Waals surface area contributed by atoms with E-state index >= 15 is 0 Å². The molecule has 0 fully saturated rings. The van der Waals surface area contributed by atoms with Crippen LogP contribution in [0.4, 0.5) is 0 Å². The Kier molecular flexibility index (Phi) is 6.54. The molecule has 4 heteroatoms. The van der Waals surface area contributed by atoms with Crippen molar-refractivity contribution in [2.75, 3.05) is 13.7 Å². The van der Waals surface area contributed by atoms with Crippen LogP contribution in [0.3, 0.4) is 0 Å². The van der Waals surface area contributed by atoms with Crippen LogP contribution >= 0.6 is 0 Å². The van der Waals surface area contributed by atoms with Gasteiger partial charge in [0.2, 0.25) is 0 Å². The molecule has 0 aliphatic rings. The van der Waals surface area contributed by atoms with Crippen LogP contribution in [-0.4, -0.2) is 36.9 Å². The highest BCUT2D eigenvalue weighted by Gasteiger charge is 2.16. The topological polar surface area (TPSA) is 58.6 Å². The highest BCUT2D eigenvalue weighted by atomic mass is 16.5. The van der Waals surface area contributed by atoms with Crippen LogP contribution in [0.5, 0.6) is 0 Å². The molecule has 0 heterocycles. The number of carboxylic acid groups (broad SMARTS) is 1. The van der Waals surface area contributed by atoms with E-state index < -0.39 is 12.0 Å². The summed E-state index contributed by atoms with van der Waals surface area (Å²) in [5.41, 5.74) is 0. The molecule has 0 radical (unpaired) electrons. The highest BCUT2D eigenvalue weighted by molar-refractivity contribution is 5.73. The van der Waals surface area contributed by atoms with Crippen molar-refractivity contribution in [1.29, 1.82) is 0 Å². The van der Waals surface area contributed by atoms with E-state index in [-0.39, 0.29) is 6.04 Å². The van der Waals surface area contributed by atoms with Crippen LogP contribution < -0.4 is 5.32 Å². The molecule has 0 bridgehead atoms. The Morgan fingerprint density at radius 1 is 1.62 bits per heavy atom. The van der Waals surface area contributed by atoms with E-state index in [1.807, 2.05) is 13.8 Å². The maximum atomic E-state index is 10.6. The SMILES string of the molecule is CCC(NC(C)CCOC)C(=O)O. The molecule has 0 aromatic rings. The van der Waals surface area contributed by atoms with Gasteiger partial charge in [-0.3, -0.25) is 4.79 Å². The summed E-state index contributed by atoms with van der Waals surface area (Å²) in [5.74, 6) is -0.785. The van der Waals surface area contributed by atoms with E-state index in [1.54, 1.807) is 7.11 Å². The zero-order valence-electron chi connectivity index (χ0n) is 8.54. The van der Waals surface area contributed by atoms with Crippen molar-refractivity contribution in [3.8, 4) is 0 Å². The first-order valence-corrected chi connectivity index (χ1v) is 4.59. The van der Waals surface area contributed by atoms with Crippen molar-refractivity contribution in [3.63, 3.8) is 0 Å². The second-order valence-electron chi connectivity index (χ2n) is 3.15. The summed E-state index contributed by atoms with van der Waals surface area (Å²) in [6.07, 6.45) is 1.44. The van der Waals surface area contributed by atoms with Gasteiger partial charge in [-0.05, 0) is 19.8 Å². The summed E-state index contributed by atoms with van der Waals surface area (Å²) in [7, 11) is 1.64. The number of hydrogen-bond acceptors (Lipinski definition) is 3. The molecule has 4 nitrogen and oxygen atoms in total. The lowest BCUT2D eigenvalue weighted by molar-refractivity contribution is -0.139. The normalized spacial score (nSPS) is 15.3. The molecular weight excluding hydrogens is 170 g/mol. The first-order chi connectivity index (χ1) is 6.11. The minimum atomic E-state index is -0.785. The minimum absolute atomic E-state index is 0.181. The molecule has 13 heavy (non-hydrogen) atoms. The zero-order valence-corrected chi connectivity index (χ0v) is 8.54. The zero-order chi connectivity index (χ0) is 10.3. The number of hydrogen-bond donors (Lipinski definition) is 2. The predicted octanol–water partition coefficient (Wildman–Crippen LogP) is 0.864. The van der Waals surface area contributed by atoms with Gasteiger partial charge in [0.25, 0.3) is 0 Å². The quantitative estimate of drug-likeness (QED) is 0.623. The molecule has 0 aromatic heterocycles. The standard InChI is InChI=1S/C9H19NO3/c1-4-8(9(11)12)10-7(2)5-6-13-3/h7-8,10H,4-6H2,1-3H3,(H,11,12). The van der Waals surface area contributed by atoms with Crippen molar-refractivity contribution in [2.45, 2.75) is 38.8 Å². The maximum Gasteiger partial charge on any atom is 0.320 e.